The number of amides is 1. The Balaban J connectivity index is 0.000000274. The number of halogens is 5. The molecule has 1 atom stereocenters. The second-order valence-electron chi connectivity index (χ2n) is 8.93. The molecule has 212 valence electrons. The van der Waals surface area contributed by atoms with Crippen LogP contribution in [0.1, 0.15) is 27.3 Å². The molecule has 2 aromatic rings. The minimum absolute atomic E-state index is 0.0550. The van der Waals surface area contributed by atoms with Gasteiger partial charge in [0.05, 0.1) is 12.5 Å². The predicted octanol–water partition coefficient (Wildman–Crippen LogP) is 5.21. The smallest absolute Gasteiger partial charge is 0.334 e. The molecule has 3 rings (SSSR count). The summed E-state index contributed by atoms with van der Waals surface area (Å²) in [5, 5.41) is 8.89. The number of hydrogen-bond acceptors (Lipinski definition) is 6. The molecular weight excluding hydrogens is 537 g/mol. The zero-order chi connectivity index (χ0) is 29.0. The summed E-state index contributed by atoms with van der Waals surface area (Å²) in [6, 6.07) is 11.8. The molecule has 0 saturated carbocycles. The monoisotopic (exact) mass is 569 g/mol. The first kappa shape index (κ1) is 31.9. The third-order valence-electron chi connectivity index (χ3n) is 5.70. The van der Waals surface area contributed by atoms with Crippen molar-refractivity contribution in [2.24, 2.45) is 5.92 Å². The van der Waals surface area contributed by atoms with Crippen molar-refractivity contribution < 1.29 is 26.7 Å². The summed E-state index contributed by atoms with van der Waals surface area (Å²) in [6.45, 7) is 2.13. The number of rotatable bonds is 9. The molecule has 2 heterocycles. The van der Waals surface area contributed by atoms with Crippen LogP contribution < -0.4 is 10.9 Å². The first-order valence-electron chi connectivity index (χ1n) is 12.1. The molecule has 1 aromatic heterocycles. The van der Waals surface area contributed by atoms with Crippen LogP contribution in [0.2, 0.25) is 0 Å². The third-order valence-corrected chi connectivity index (χ3v) is 6.77. The Bertz CT molecular complexity index is 1160. The van der Waals surface area contributed by atoms with Gasteiger partial charge in [-0.1, -0.05) is 36.4 Å². The average Bonchev–Trinajstić information content (AvgIpc) is 3.31. The molecule has 0 spiro atoms. The summed E-state index contributed by atoms with van der Waals surface area (Å²) >= 11 is 1.50. The highest BCUT2D eigenvalue weighted by molar-refractivity contribution is 7.12. The van der Waals surface area contributed by atoms with Gasteiger partial charge in [-0.15, -0.1) is 11.3 Å². The van der Waals surface area contributed by atoms with Crippen molar-refractivity contribution in [1.29, 1.82) is 5.26 Å². The van der Waals surface area contributed by atoms with E-state index in [9.17, 15) is 26.7 Å². The Hall–Kier alpha value is -3.27. The van der Waals surface area contributed by atoms with Gasteiger partial charge in [-0.05, 0) is 43.3 Å². The number of carbonyl (C=O) groups is 1. The van der Waals surface area contributed by atoms with E-state index in [0.29, 0.717) is 6.54 Å². The maximum absolute atomic E-state index is 13.0. The highest BCUT2D eigenvalue weighted by Gasteiger charge is 2.43. The first-order chi connectivity index (χ1) is 18.5. The average molecular weight is 570 g/mol. The lowest BCUT2D eigenvalue weighted by Gasteiger charge is -2.25. The molecule has 0 fully saturated rings. The van der Waals surface area contributed by atoms with Crippen LogP contribution in [0.5, 0.6) is 0 Å². The summed E-state index contributed by atoms with van der Waals surface area (Å²) in [5.74, 6) is -2.18. The summed E-state index contributed by atoms with van der Waals surface area (Å²) in [7, 11) is 5.41. The number of hydrogen-bond donors (Lipinski definition) is 2. The number of nitrogens with one attached hydrogen (secondary N) is 2. The number of nitriles is 1. The van der Waals surface area contributed by atoms with Crippen LogP contribution >= 0.6 is 11.3 Å². The van der Waals surface area contributed by atoms with Crippen molar-refractivity contribution in [2.75, 3.05) is 34.2 Å². The van der Waals surface area contributed by atoms with Gasteiger partial charge < -0.3 is 15.2 Å². The van der Waals surface area contributed by atoms with E-state index in [1.165, 1.54) is 36.1 Å². The van der Waals surface area contributed by atoms with Crippen molar-refractivity contribution in [3.63, 3.8) is 0 Å². The molecule has 0 saturated heterocycles. The van der Waals surface area contributed by atoms with Crippen LogP contribution in [0.4, 0.5) is 22.0 Å². The zero-order valence-electron chi connectivity index (χ0n) is 21.9. The summed E-state index contributed by atoms with van der Waals surface area (Å²) in [4.78, 5) is 17.8. The highest BCUT2D eigenvalue weighted by atomic mass is 32.1. The fourth-order valence-corrected chi connectivity index (χ4v) is 4.84. The van der Waals surface area contributed by atoms with Gasteiger partial charge in [0, 0.05) is 43.7 Å². The van der Waals surface area contributed by atoms with Gasteiger partial charge in [0.1, 0.15) is 10.9 Å². The maximum atomic E-state index is 13.0. The Kier molecular flexibility index (Phi) is 12.6. The van der Waals surface area contributed by atoms with E-state index >= 15 is 0 Å². The van der Waals surface area contributed by atoms with Gasteiger partial charge in [0.15, 0.2) is 0 Å². The van der Waals surface area contributed by atoms with Crippen LogP contribution in [-0.2, 0) is 17.8 Å². The van der Waals surface area contributed by atoms with Gasteiger partial charge in [0.2, 0.25) is 12.3 Å². The molecular formula is C27H32F5N5OS. The van der Waals surface area contributed by atoms with Gasteiger partial charge >= 0.3 is 6.18 Å². The molecule has 6 nitrogen and oxygen atoms in total. The maximum Gasteiger partial charge on any atom is 0.396 e. The van der Waals surface area contributed by atoms with Crippen molar-refractivity contribution in [1.82, 2.24) is 20.7 Å². The Morgan fingerprint density at radius 3 is 2.51 bits per heavy atom. The van der Waals surface area contributed by atoms with Crippen molar-refractivity contribution in [2.45, 2.75) is 32.0 Å². The Morgan fingerprint density at radius 1 is 1.26 bits per heavy atom. The van der Waals surface area contributed by atoms with Crippen LogP contribution in [0.3, 0.4) is 0 Å². The van der Waals surface area contributed by atoms with E-state index in [0.717, 1.165) is 35.5 Å². The van der Waals surface area contributed by atoms with E-state index in [4.69, 9.17) is 5.26 Å². The lowest BCUT2D eigenvalue weighted by Crippen LogP contribution is -2.34. The van der Waals surface area contributed by atoms with Gasteiger partial charge in [-0.2, -0.15) is 18.4 Å². The molecule has 1 amide bonds. The van der Waals surface area contributed by atoms with Crippen molar-refractivity contribution in [3.8, 4) is 6.07 Å². The molecule has 1 unspecified atom stereocenters. The zero-order valence-corrected chi connectivity index (χ0v) is 22.8. The first-order valence-corrected chi connectivity index (χ1v) is 12.9. The molecule has 0 aliphatic carbocycles. The lowest BCUT2D eigenvalue weighted by atomic mass is 9.90. The number of benzene rings is 1. The number of alkyl halides is 5. The predicted molar refractivity (Wildman–Crippen MR) is 143 cm³/mol. The van der Waals surface area contributed by atoms with Gasteiger partial charge in [0.25, 0.3) is 0 Å². The molecule has 0 radical (unpaired) electrons. The second kappa shape index (κ2) is 15.4. The number of thiophene rings is 1. The number of nitrogens with zero attached hydrogens (tertiary/aromatic N) is 3. The summed E-state index contributed by atoms with van der Waals surface area (Å²) in [5.41, 5.74) is 6.11. The minimum atomic E-state index is -4.74. The molecule has 12 heteroatoms. The highest BCUT2D eigenvalue weighted by Crippen LogP contribution is 2.40. The minimum Gasteiger partial charge on any atom is -0.334 e. The number of likely N-dealkylation sites (N-methyl/N-ethyl adjacent to an activating group) is 1. The fraction of sp³-hybridized carbons (Fsp3) is 0.407. The fourth-order valence-electron chi connectivity index (χ4n) is 3.81. The molecule has 1 aliphatic heterocycles. The number of carbonyl (C=O) groups excluding carboxylic acids is 1. The van der Waals surface area contributed by atoms with Crippen molar-refractivity contribution in [3.05, 3.63) is 75.6 Å². The Labute approximate surface area is 229 Å². The van der Waals surface area contributed by atoms with Gasteiger partial charge in [-0.3, -0.25) is 4.79 Å². The number of fused-ring (bicyclic) bond motifs is 1. The SMILES string of the molecule is CN(C)C/C=C/C(=O)N1CCc2cc(C#N)sc2C1.CNN/C=C(/c1ccccc1)C(CC(F)F)C(F)(F)F. The van der Waals surface area contributed by atoms with E-state index in [2.05, 4.69) is 16.9 Å². The third kappa shape index (κ3) is 10.4. The molecule has 1 aliphatic rings. The topological polar surface area (TPSA) is 71.4 Å². The largest absolute Gasteiger partial charge is 0.396 e. The van der Waals surface area contributed by atoms with Crippen LogP contribution in [0.15, 0.2) is 54.8 Å². The number of allylic oxidation sites excluding steroid dienone is 1. The van der Waals surface area contributed by atoms with Gasteiger partial charge in [-0.25, -0.2) is 14.2 Å². The van der Waals surface area contributed by atoms with Crippen molar-refractivity contribution >= 4 is 22.8 Å². The van der Waals surface area contributed by atoms with E-state index < -0.39 is 24.9 Å². The standard InChI is InChI=1S/C14H17N3OS.C13H15F5N2/c1-16(2)6-3-4-14(18)17-7-5-11-8-12(9-15)19-13(11)10-17;1-19-20-8-10(9-5-3-2-4-6-9)11(7-12(14)15)13(16,17)18/h3-4,8H,5-7,10H2,1-2H3;2-6,8,11-12,19-20H,7H2,1H3/b4-3+;10-8-. The normalized spacial score (nSPS) is 14.6. The molecule has 1 aromatic carbocycles. The Morgan fingerprint density at radius 2 is 1.95 bits per heavy atom. The summed E-state index contributed by atoms with van der Waals surface area (Å²) < 4.78 is 64.0. The van der Waals surface area contributed by atoms with E-state index in [1.54, 1.807) is 24.3 Å². The molecule has 2 N–H and O–H groups in total. The summed E-state index contributed by atoms with van der Waals surface area (Å²) in [6.07, 6.45) is -3.61. The quantitative estimate of drug-likeness (QED) is 0.247. The molecule has 39 heavy (non-hydrogen) atoms. The van der Waals surface area contributed by atoms with E-state index in [1.807, 2.05) is 36.0 Å². The van der Waals surface area contributed by atoms with Crippen LogP contribution in [0, 0.1) is 17.2 Å². The lowest BCUT2D eigenvalue weighted by molar-refractivity contribution is -0.166. The van der Waals surface area contributed by atoms with E-state index in [-0.39, 0.29) is 17.0 Å². The van der Waals surface area contributed by atoms with Crippen LogP contribution in [0.25, 0.3) is 5.57 Å². The second-order valence-corrected chi connectivity index (χ2v) is 10.1. The van der Waals surface area contributed by atoms with Crippen LogP contribution in [-0.4, -0.2) is 62.5 Å². The molecule has 0 bridgehead atoms. The number of hydrazine groups is 1.